The van der Waals surface area contributed by atoms with Gasteiger partial charge in [-0.3, -0.25) is 10.2 Å². The van der Waals surface area contributed by atoms with E-state index in [-0.39, 0.29) is 22.1 Å². The van der Waals surface area contributed by atoms with Crippen LogP contribution in [0.25, 0.3) is 11.1 Å². The summed E-state index contributed by atoms with van der Waals surface area (Å²) in [6.07, 6.45) is 3.42. The SMILES string of the molecule is N=C(Nc1ccc(F)c(Br)c1)C(=O)C1CCN(C(=O)Nc2ccc(-c3cnn(C(F)F)c3)cc2)CC1. The maximum absolute atomic E-state index is 13.4. The zero-order valence-electron chi connectivity index (χ0n) is 18.8. The molecular formula is C24H22BrF3N6O2. The van der Waals surface area contributed by atoms with E-state index < -0.39 is 18.3 Å². The average Bonchev–Trinajstić information content (AvgIpc) is 3.37. The molecule has 188 valence electrons. The zero-order valence-corrected chi connectivity index (χ0v) is 20.4. The number of alkyl halides is 2. The van der Waals surface area contributed by atoms with Gasteiger partial charge in [0.2, 0.25) is 5.78 Å². The second-order valence-electron chi connectivity index (χ2n) is 8.25. The molecule has 0 atom stereocenters. The van der Waals surface area contributed by atoms with Crippen LogP contribution in [0.1, 0.15) is 19.4 Å². The summed E-state index contributed by atoms with van der Waals surface area (Å²) >= 11 is 3.07. The molecule has 3 aromatic rings. The Morgan fingerprint density at radius 1 is 1.03 bits per heavy atom. The van der Waals surface area contributed by atoms with Crippen molar-refractivity contribution >= 4 is 45.0 Å². The first-order valence-electron chi connectivity index (χ1n) is 11.0. The number of nitrogens with zero attached hydrogens (tertiary/aromatic N) is 3. The Morgan fingerprint density at radius 2 is 1.69 bits per heavy atom. The predicted molar refractivity (Wildman–Crippen MR) is 133 cm³/mol. The summed E-state index contributed by atoms with van der Waals surface area (Å²) in [5.74, 6) is -1.48. The van der Waals surface area contributed by atoms with Crippen LogP contribution >= 0.6 is 15.9 Å². The summed E-state index contributed by atoms with van der Waals surface area (Å²) in [6, 6.07) is 10.6. The fourth-order valence-electron chi connectivity index (χ4n) is 3.87. The highest BCUT2D eigenvalue weighted by molar-refractivity contribution is 9.10. The van der Waals surface area contributed by atoms with Gasteiger partial charge in [-0.2, -0.15) is 13.9 Å². The van der Waals surface area contributed by atoms with Gasteiger partial charge in [-0.25, -0.2) is 13.9 Å². The standard InChI is InChI=1S/C24H22BrF3N6O2/c25-19-11-18(5-6-20(19)26)31-22(29)21(35)15-7-9-33(10-8-15)24(36)32-17-3-1-14(2-4-17)16-12-30-34(13-16)23(27)28/h1-6,11-13,15,23H,7-10H2,(H2,29,31)(H,32,36). The number of amides is 2. The Balaban J connectivity index is 1.27. The van der Waals surface area contributed by atoms with Gasteiger partial charge in [0.05, 0.1) is 10.7 Å². The van der Waals surface area contributed by atoms with Crippen LogP contribution in [0.4, 0.5) is 29.3 Å². The first-order valence-corrected chi connectivity index (χ1v) is 11.8. The van der Waals surface area contributed by atoms with Crippen molar-refractivity contribution in [1.29, 1.82) is 5.41 Å². The normalized spacial score (nSPS) is 14.1. The lowest BCUT2D eigenvalue weighted by molar-refractivity contribution is -0.117. The van der Waals surface area contributed by atoms with E-state index in [0.29, 0.717) is 53.1 Å². The van der Waals surface area contributed by atoms with E-state index in [1.54, 1.807) is 29.2 Å². The number of Topliss-reactive ketones (excluding diaryl/α,β-unsaturated/α-hetero) is 1. The molecule has 2 heterocycles. The number of carbonyl (C=O) groups is 2. The first-order chi connectivity index (χ1) is 17.2. The van der Waals surface area contributed by atoms with Crippen LogP contribution in [0, 0.1) is 17.1 Å². The Bertz CT molecular complexity index is 1270. The molecule has 0 spiro atoms. The first kappa shape index (κ1) is 25.4. The van der Waals surface area contributed by atoms with Crippen LogP contribution in [-0.2, 0) is 4.79 Å². The van der Waals surface area contributed by atoms with Crippen molar-refractivity contribution in [3.8, 4) is 11.1 Å². The van der Waals surface area contributed by atoms with Crippen molar-refractivity contribution in [2.24, 2.45) is 5.92 Å². The second-order valence-corrected chi connectivity index (χ2v) is 9.10. The molecule has 0 saturated carbocycles. The summed E-state index contributed by atoms with van der Waals surface area (Å²) in [6.45, 7) is -2.01. The highest BCUT2D eigenvalue weighted by Gasteiger charge is 2.29. The molecule has 0 radical (unpaired) electrons. The van der Waals surface area contributed by atoms with Gasteiger partial charge in [0, 0.05) is 42.1 Å². The number of carbonyl (C=O) groups excluding carboxylic acids is 2. The molecule has 12 heteroatoms. The monoisotopic (exact) mass is 562 g/mol. The molecule has 2 amide bonds. The zero-order chi connectivity index (χ0) is 25.8. The molecule has 8 nitrogen and oxygen atoms in total. The van der Waals surface area contributed by atoms with Crippen LogP contribution in [0.2, 0.25) is 0 Å². The number of nitrogens with one attached hydrogen (secondary N) is 3. The van der Waals surface area contributed by atoms with Crippen LogP contribution < -0.4 is 10.6 Å². The summed E-state index contributed by atoms with van der Waals surface area (Å²) < 4.78 is 39.6. The third-order valence-electron chi connectivity index (χ3n) is 5.86. The van der Waals surface area contributed by atoms with Gasteiger partial charge >= 0.3 is 12.6 Å². The second kappa shape index (κ2) is 10.9. The topological polar surface area (TPSA) is 103 Å². The van der Waals surface area contributed by atoms with E-state index in [4.69, 9.17) is 5.41 Å². The fourth-order valence-corrected chi connectivity index (χ4v) is 4.25. The maximum atomic E-state index is 13.4. The van der Waals surface area contributed by atoms with Crippen LogP contribution in [0.15, 0.2) is 59.3 Å². The molecule has 1 fully saturated rings. The van der Waals surface area contributed by atoms with Crippen LogP contribution in [-0.4, -0.2) is 45.4 Å². The van der Waals surface area contributed by atoms with Crippen molar-refractivity contribution in [2.45, 2.75) is 19.4 Å². The highest BCUT2D eigenvalue weighted by atomic mass is 79.9. The quantitative estimate of drug-likeness (QED) is 0.263. The van der Waals surface area contributed by atoms with Crippen molar-refractivity contribution < 1.29 is 22.8 Å². The van der Waals surface area contributed by atoms with E-state index in [9.17, 15) is 22.8 Å². The lowest BCUT2D eigenvalue weighted by Gasteiger charge is -2.31. The van der Waals surface area contributed by atoms with Gasteiger partial charge < -0.3 is 15.5 Å². The molecule has 0 unspecified atom stereocenters. The van der Waals surface area contributed by atoms with Gasteiger partial charge in [0.15, 0.2) is 5.84 Å². The Kier molecular flexibility index (Phi) is 7.73. The summed E-state index contributed by atoms with van der Waals surface area (Å²) in [5, 5.41) is 17.2. The number of aromatic nitrogens is 2. The van der Waals surface area contributed by atoms with Crippen molar-refractivity contribution in [2.75, 3.05) is 23.7 Å². The Hall–Kier alpha value is -3.67. The summed E-state index contributed by atoms with van der Waals surface area (Å²) in [4.78, 5) is 26.9. The van der Waals surface area contributed by atoms with Gasteiger partial charge in [-0.1, -0.05) is 12.1 Å². The van der Waals surface area contributed by atoms with Crippen LogP contribution in [0.3, 0.4) is 0 Å². The van der Waals surface area contributed by atoms with Crippen LogP contribution in [0.5, 0.6) is 0 Å². The van der Waals surface area contributed by atoms with Gasteiger partial charge in [-0.15, -0.1) is 0 Å². The molecule has 36 heavy (non-hydrogen) atoms. The molecule has 3 N–H and O–H groups in total. The number of rotatable bonds is 6. The van der Waals surface area contributed by atoms with Crippen molar-refractivity contribution in [1.82, 2.24) is 14.7 Å². The number of urea groups is 1. The molecule has 1 aromatic heterocycles. The van der Waals surface area contributed by atoms with Gasteiger partial charge in [-0.05, 0) is 64.7 Å². The fraction of sp³-hybridized carbons (Fsp3) is 0.250. The van der Waals surface area contributed by atoms with E-state index in [2.05, 4.69) is 31.7 Å². The van der Waals surface area contributed by atoms with Crippen molar-refractivity contribution in [3.63, 3.8) is 0 Å². The molecule has 1 aliphatic rings. The molecule has 0 bridgehead atoms. The number of hydrogen-bond acceptors (Lipinski definition) is 4. The number of hydrogen-bond donors (Lipinski definition) is 3. The smallest absolute Gasteiger partial charge is 0.333 e. The molecule has 4 rings (SSSR count). The van der Waals surface area contributed by atoms with E-state index in [0.717, 1.165) is 0 Å². The number of amidine groups is 1. The predicted octanol–water partition coefficient (Wildman–Crippen LogP) is 5.75. The minimum Gasteiger partial charge on any atom is -0.338 e. The summed E-state index contributed by atoms with van der Waals surface area (Å²) in [7, 11) is 0. The number of likely N-dealkylation sites (tertiary alicyclic amines) is 1. The van der Waals surface area contributed by atoms with E-state index in [1.165, 1.54) is 30.6 Å². The minimum atomic E-state index is -2.71. The molecular weight excluding hydrogens is 541 g/mol. The molecule has 1 aliphatic heterocycles. The van der Waals surface area contributed by atoms with E-state index >= 15 is 0 Å². The Labute approximate surface area is 213 Å². The lowest BCUT2D eigenvalue weighted by Crippen LogP contribution is -2.44. The summed E-state index contributed by atoms with van der Waals surface area (Å²) in [5.41, 5.74) is 2.18. The Morgan fingerprint density at radius 3 is 2.31 bits per heavy atom. The lowest BCUT2D eigenvalue weighted by atomic mass is 9.92. The highest BCUT2D eigenvalue weighted by Crippen LogP contribution is 2.25. The van der Waals surface area contributed by atoms with Gasteiger partial charge in [0.1, 0.15) is 5.82 Å². The number of benzene rings is 2. The molecule has 0 aliphatic carbocycles. The average molecular weight is 563 g/mol. The number of anilines is 2. The third-order valence-corrected chi connectivity index (χ3v) is 6.47. The third kappa shape index (κ3) is 5.93. The molecule has 2 aromatic carbocycles. The maximum Gasteiger partial charge on any atom is 0.333 e. The number of ketones is 1. The minimum absolute atomic E-state index is 0.226. The van der Waals surface area contributed by atoms with E-state index in [1.807, 2.05) is 0 Å². The molecule has 1 saturated heterocycles. The largest absolute Gasteiger partial charge is 0.338 e. The van der Waals surface area contributed by atoms with Gasteiger partial charge in [0.25, 0.3) is 0 Å². The van der Waals surface area contributed by atoms with Crippen molar-refractivity contribution in [3.05, 3.63) is 65.1 Å². The number of piperidine rings is 1. The number of halogens is 4.